The van der Waals surface area contributed by atoms with Gasteiger partial charge in [0.1, 0.15) is 19.3 Å². The highest BCUT2D eigenvalue weighted by Gasteiger charge is 2.31. The maximum absolute atomic E-state index is 13.0. The van der Waals surface area contributed by atoms with Crippen LogP contribution in [-0.4, -0.2) is 84.6 Å². The summed E-state index contributed by atoms with van der Waals surface area (Å²) >= 11 is 0. The van der Waals surface area contributed by atoms with Crippen molar-refractivity contribution in [3.05, 3.63) is 158 Å². The Kier molecular flexibility index (Phi) is 50.7. The van der Waals surface area contributed by atoms with Gasteiger partial charge in [0, 0.05) is 6.42 Å². The molecule has 0 aliphatic heterocycles. The van der Waals surface area contributed by atoms with Crippen molar-refractivity contribution in [3.63, 3.8) is 0 Å². The minimum Gasteiger partial charge on any atom is -0.390 e. The Morgan fingerprint density at radius 2 is 0.827 bits per heavy atom. The van der Waals surface area contributed by atoms with E-state index in [4.69, 9.17) is 9.05 Å². The molecule has 0 aromatic rings. The Labute approximate surface area is 459 Å². The maximum atomic E-state index is 13.0. The Balaban J connectivity index is 4.33. The predicted molar refractivity (Wildman–Crippen MR) is 323 cm³/mol. The molecule has 0 aliphatic rings. The molecule has 424 valence electrons. The number of carbonyl (C=O) groups is 1. The second-order valence-corrected chi connectivity index (χ2v) is 21.5. The van der Waals surface area contributed by atoms with E-state index < -0.39 is 32.7 Å². The van der Waals surface area contributed by atoms with Gasteiger partial charge in [-0.15, -0.1) is 0 Å². The number of hydrogen-bond donors (Lipinski definition) is 4. The van der Waals surface area contributed by atoms with E-state index >= 15 is 0 Å². The van der Waals surface area contributed by atoms with Gasteiger partial charge in [-0.25, -0.2) is 4.57 Å². The summed E-state index contributed by atoms with van der Waals surface area (Å²) in [6, 6.07) is -1.09. The van der Waals surface area contributed by atoms with Crippen LogP contribution in [0.3, 0.4) is 0 Å². The number of nitrogens with zero attached hydrogens (tertiary/aromatic N) is 1. The zero-order valence-electron chi connectivity index (χ0n) is 47.8. The first-order valence-corrected chi connectivity index (χ1v) is 30.4. The van der Waals surface area contributed by atoms with E-state index in [1.807, 2.05) is 21.1 Å². The third-order valence-corrected chi connectivity index (χ3v) is 12.8. The van der Waals surface area contributed by atoms with E-state index in [1.54, 1.807) is 0 Å². The zero-order valence-corrected chi connectivity index (χ0v) is 48.7. The van der Waals surface area contributed by atoms with E-state index in [0.717, 1.165) is 103 Å². The van der Waals surface area contributed by atoms with Crippen LogP contribution in [0.4, 0.5) is 0 Å². The van der Waals surface area contributed by atoms with Gasteiger partial charge in [-0.05, 0) is 128 Å². The van der Waals surface area contributed by atoms with Crippen molar-refractivity contribution in [2.45, 2.75) is 205 Å². The first-order chi connectivity index (χ1) is 36.4. The van der Waals surface area contributed by atoms with Crippen molar-refractivity contribution < 1.29 is 38.0 Å². The molecule has 4 atom stereocenters. The molecule has 0 aromatic heterocycles. The third kappa shape index (κ3) is 54.7. The summed E-state index contributed by atoms with van der Waals surface area (Å²) in [5.41, 5.74) is 0. The highest BCUT2D eigenvalue weighted by Crippen LogP contribution is 2.43. The van der Waals surface area contributed by atoms with Gasteiger partial charge < -0.3 is 24.9 Å². The smallest absolute Gasteiger partial charge is 0.390 e. The second-order valence-electron chi connectivity index (χ2n) is 20.1. The Morgan fingerprint density at radius 1 is 0.480 bits per heavy atom. The molecule has 0 fully saturated rings. The highest BCUT2D eigenvalue weighted by molar-refractivity contribution is 7.47. The van der Waals surface area contributed by atoms with Crippen LogP contribution in [0.2, 0.25) is 0 Å². The molecule has 0 radical (unpaired) electrons. The lowest BCUT2D eigenvalue weighted by atomic mass is 10.0. The number of quaternary nitrogens is 1. The van der Waals surface area contributed by atoms with Crippen LogP contribution in [0.1, 0.15) is 187 Å². The Bertz CT molecular complexity index is 1790. The first kappa shape index (κ1) is 71.1. The van der Waals surface area contributed by atoms with E-state index in [9.17, 15) is 24.5 Å². The number of aliphatic hydroxyl groups excluding tert-OH is 2. The number of hydrogen-bond acceptors (Lipinski definition) is 6. The van der Waals surface area contributed by atoms with Gasteiger partial charge in [-0.1, -0.05) is 210 Å². The number of aliphatic hydroxyl groups is 2. The number of nitrogens with one attached hydrogen (secondary N) is 1. The van der Waals surface area contributed by atoms with E-state index in [0.29, 0.717) is 30.3 Å². The summed E-state index contributed by atoms with van der Waals surface area (Å²) in [7, 11) is 1.36. The monoisotopic (exact) mass is 1060 g/mol. The van der Waals surface area contributed by atoms with Gasteiger partial charge in [-0.2, -0.15) is 0 Å². The van der Waals surface area contributed by atoms with E-state index in [-0.39, 0.29) is 18.9 Å². The standard InChI is InChI=1S/C65H107N2O7P/c1-6-8-10-12-14-16-18-20-21-22-23-24-25-26-27-28-29-30-31-32-33-34-35-36-37-38-39-40-41-42-43-44-45-46-48-50-52-54-56-58-64(69)66-62(61-74-75(71,72)73-60-59-67(3,4)5)65(70)63(68)57-55-53-51-49-47-19-17-15-13-11-9-7-2/h8,10,14,16,20-21,23-24,26-27,29-30,32-33,35-36,38-39,41-42,44-45,48-51,62-63,65,68,70H,6-7,9,11-13,15,17-19,22,25,28,31,34,37,40,43,46-47,52-61H2,1-5H3,(H-,66,69,71,72)/p+1/b10-8-,16-14-,21-20-,24-23-,27-26-,30-29-,33-32-,36-35-,39-38-,42-41-,45-44-,50-48-,51-49+. The lowest BCUT2D eigenvalue weighted by Crippen LogP contribution is -2.51. The van der Waals surface area contributed by atoms with Crippen molar-refractivity contribution in [1.82, 2.24) is 5.32 Å². The molecule has 0 rings (SSSR count). The number of phosphoric acid groups is 1. The third-order valence-electron chi connectivity index (χ3n) is 11.9. The van der Waals surface area contributed by atoms with Crippen LogP contribution in [0.15, 0.2) is 158 Å². The molecule has 0 spiro atoms. The summed E-state index contributed by atoms with van der Waals surface area (Å²) in [4.78, 5) is 23.3. The molecule has 0 bridgehead atoms. The van der Waals surface area contributed by atoms with Crippen molar-refractivity contribution >= 4 is 13.7 Å². The summed E-state index contributed by atoms with van der Waals surface area (Å²) in [5.74, 6) is -0.318. The Hall–Kier alpha value is -3.92. The maximum Gasteiger partial charge on any atom is 0.472 e. The molecule has 10 heteroatoms. The molecule has 0 aromatic carbocycles. The zero-order chi connectivity index (χ0) is 55.0. The number of carbonyl (C=O) groups excluding carboxylic acids is 1. The summed E-state index contributed by atoms with van der Waals surface area (Å²) in [6.45, 7) is 4.40. The van der Waals surface area contributed by atoms with Crippen LogP contribution in [0.5, 0.6) is 0 Å². The lowest BCUT2D eigenvalue weighted by Gasteiger charge is -2.28. The van der Waals surface area contributed by atoms with Crippen molar-refractivity contribution in [3.8, 4) is 0 Å². The molecular formula is C65H108N2O7P+. The average Bonchev–Trinajstić information content (AvgIpc) is 3.37. The molecular weight excluding hydrogens is 952 g/mol. The molecule has 75 heavy (non-hydrogen) atoms. The molecule has 0 saturated heterocycles. The SMILES string of the molecule is CC/C=C\C/C=C\C/C=C\C/C=C\C/C=C\C/C=C\C/C=C\C/C=C\C/C=C\C/C=C\C/C=C\C/C=C\CCCCC(=O)NC(COP(=O)(O)OCC[N+](C)(C)C)C(O)C(O)CCC/C=C/CCCCCCCCC. The van der Waals surface area contributed by atoms with Crippen LogP contribution in [0, 0.1) is 0 Å². The largest absolute Gasteiger partial charge is 0.472 e. The van der Waals surface area contributed by atoms with Crippen LogP contribution in [-0.2, 0) is 18.4 Å². The minimum atomic E-state index is -4.45. The quantitative estimate of drug-likeness (QED) is 0.0207. The number of rotatable bonds is 50. The summed E-state index contributed by atoms with van der Waals surface area (Å²) in [6.07, 6.45) is 80.6. The number of allylic oxidation sites excluding steroid dienone is 26. The molecule has 0 aliphatic carbocycles. The number of amides is 1. The number of likely N-dealkylation sites (N-methyl/N-ethyl adjacent to an activating group) is 1. The summed E-state index contributed by atoms with van der Waals surface area (Å²) in [5, 5.41) is 24.7. The molecule has 0 saturated carbocycles. The van der Waals surface area contributed by atoms with E-state index in [1.165, 1.54) is 44.9 Å². The van der Waals surface area contributed by atoms with Gasteiger partial charge in [0.2, 0.25) is 5.91 Å². The van der Waals surface area contributed by atoms with Gasteiger partial charge in [0.05, 0.1) is 39.9 Å². The van der Waals surface area contributed by atoms with Crippen LogP contribution in [0.25, 0.3) is 0 Å². The number of unbranched alkanes of at least 4 members (excludes halogenated alkanes) is 10. The number of phosphoric ester groups is 1. The average molecular weight is 1060 g/mol. The predicted octanol–water partition coefficient (Wildman–Crippen LogP) is 16.8. The van der Waals surface area contributed by atoms with E-state index in [2.05, 4.69) is 177 Å². The molecule has 4 unspecified atom stereocenters. The van der Waals surface area contributed by atoms with Crippen molar-refractivity contribution in [1.29, 1.82) is 0 Å². The minimum absolute atomic E-state index is 0.00115. The van der Waals surface area contributed by atoms with Crippen LogP contribution < -0.4 is 5.32 Å². The molecule has 4 N–H and O–H groups in total. The Morgan fingerprint density at radius 3 is 1.23 bits per heavy atom. The molecule has 0 heterocycles. The second kappa shape index (κ2) is 53.5. The van der Waals surface area contributed by atoms with Crippen molar-refractivity contribution in [2.75, 3.05) is 40.9 Å². The fourth-order valence-electron chi connectivity index (χ4n) is 7.30. The topological polar surface area (TPSA) is 125 Å². The van der Waals surface area contributed by atoms with Gasteiger partial charge in [0.15, 0.2) is 0 Å². The fourth-order valence-corrected chi connectivity index (χ4v) is 8.03. The van der Waals surface area contributed by atoms with Crippen molar-refractivity contribution in [2.24, 2.45) is 0 Å². The van der Waals surface area contributed by atoms with Crippen LogP contribution >= 0.6 is 7.82 Å². The first-order valence-electron chi connectivity index (χ1n) is 28.9. The summed E-state index contributed by atoms with van der Waals surface area (Å²) < 4.78 is 23.5. The normalized spacial score (nSPS) is 15.5. The molecule has 1 amide bonds. The van der Waals surface area contributed by atoms with Gasteiger partial charge in [0.25, 0.3) is 0 Å². The lowest BCUT2D eigenvalue weighted by molar-refractivity contribution is -0.870. The fraction of sp³-hybridized carbons (Fsp3) is 0.585. The molecule has 9 nitrogen and oxygen atoms in total. The van der Waals surface area contributed by atoms with Gasteiger partial charge in [-0.3, -0.25) is 13.8 Å². The van der Waals surface area contributed by atoms with Gasteiger partial charge >= 0.3 is 7.82 Å². The highest BCUT2D eigenvalue weighted by atomic mass is 31.2.